The molecule has 2 heterocycles. The van der Waals surface area contributed by atoms with Gasteiger partial charge in [0.1, 0.15) is 0 Å². The molecule has 0 saturated carbocycles. The SMILES string of the molecule is Cc1cn(-c2ccc3ncccc3c2)c(N)n1. The first-order chi connectivity index (χ1) is 8.24. The number of nitrogens with zero attached hydrogens (tertiary/aromatic N) is 3. The van der Waals surface area contributed by atoms with Crippen LogP contribution in [0.2, 0.25) is 0 Å². The average Bonchev–Trinajstić information content (AvgIpc) is 2.68. The van der Waals surface area contributed by atoms with Gasteiger partial charge >= 0.3 is 0 Å². The van der Waals surface area contributed by atoms with Crippen molar-refractivity contribution in [3.63, 3.8) is 0 Å². The number of rotatable bonds is 1. The molecule has 0 fully saturated rings. The summed E-state index contributed by atoms with van der Waals surface area (Å²) >= 11 is 0. The molecule has 0 saturated heterocycles. The average molecular weight is 224 g/mol. The highest BCUT2D eigenvalue weighted by Gasteiger charge is 2.04. The predicted octanol–water partition coefficient (Wildman–Crippen LogP) is 2.31. The first-order valence-corrected chi connectivity index (χ1v) is 5.41. The van der Waals surface area contributed by atoms with E-state index in [0.717, 1.165) is 22.3 Å². The predicted molar refractivity (Wildman–Crippen MR) is 68.0 cm³/mol. The van der Waals surface area contributed by atoms with Gasteiger partial charge < -0.3 is 5.73 Å². The Morgan fingerprint density at radius 3 is 2.88 bits per heavy atom. The van der Waals surface area contributed by atoms with E-state index in [2.05, 4.69) is 16.0 Å². The third-order valence-corrected chi connectivity index (χ3v) is 2.72. The molecule has 0 radical (unpaired) electrons. The first kappa shape index (κ1) is 9.84. The molecule has 0 atom stereocenters. The molecule has 1 aromatic carbocycles. The van der Waals surface area contributed by atoms with E-state index in [0.29, 0.717) is 5.95 Å². The van der Waals surface area contributed by atoms with Crippen molar-refractivity contribution in [2.45, 2.75) is 6.92 Å². The van der Waals surface area contributed by atoms with Crippen LogP contribution >= 0.6 is 0 Å². The van der Waals surface area contributed by atoms with Crippen LogP contribution in [-0.4, -0.2) is 14.5 Å². The molecular formula is C13H12N4. The van der Waals surface area contributed by atoms with E-state index in [1.54, 1.807) is 6.20 Å². The largest absolute Gasteiger partial charge is 0.369 e. The zero-order valence-corrected chi connectivity index (χ0v) is 9.46. The molecule has 84 valence electrons. The van der Waals surface area contributed by atoms with Crippen LogP contribution in [0.15, 0.2) is 42.7 Å². The van der Waals surface area contributed by atoms with Crippen molar-refractivity contribution in [3.05, 3.63) is 48.4 Å². The van der Waals surface area contributed by atoms with Gasteiger partial charge in [0.2, 0.25) is 5.95 Å². The molecule has 0 aliphatic rings. The van der Waals surface area contributed by atoms with Crippen LogP contribution in [0.25, 0.3) is 16.6 Å². The molecule has 0 spiro atoms. The second-order valence-corrected chi connectivity index (χ2v) is 3.99. The van der Waals surface area contributed by atoms with Crippen LogP contribution in [0.1, 0.15) is 5.69 Å². The molecule has 4 heteroatoms. The molecule has 3 aromatic rings. The van der Waals surface area contributed by atoms with Crippen LogP contribution < -0.4 is 5.73 Å². The number of imidazole rings is 1. The molecular weight excluding hydrogens is 212 g/mol. The highest BCUT2D eigenvalue weighted by atomic mass is 15.1. The van der Waals surface area contributed by atoms with Gasteiger partial charge in [-0.2, -0.15) is 0 Å². The molecule has 2 aromatic heterocycles. The van der Waals surface area contributed by atoms with E-state index in [-0.39, 0.29) is 0 Å². The van der Waals surface area contributed by atoms with Gasteiger partial charge in [0.25, 0.3) is 0 Å². The fourth-order valence-corrected chi connectivity index (χ4v) is 1.94. The summed E-state index contributed by atoms with van der Waals surface area (Å²) in [6, 6.07) is 9.99. The van der Waals surface area contributed by atoms with Gasteiger partial charge in [-0.1, -0.05) is 6.07 Å². The van der Waals surface area contributed by atoms with Crippen molar-refractivity contribution in [1.29, 1.82) is 0 Å². The van der Waals surface area contributed by atoms with Gasteiger partial charge in [0.15, 0.2) is 0 Å². The summed E-state index contributed by atoms with van der Waals surface area (Å²) in [5.41, 5.74) is 8.75. The second kappa shape index (κ2) is 3.59. The number of benzene rings is 1. The quantitative estimate of drug-likeness (QED) is 0.690. The highest BCUT2D eigenvalue weighted by molar-refractivity contribution is 5.80. The summed E-state index contributed by atoms with van der Waals surface area (Å²) in [5, 5.41) is 1.09. The Kier molecular flexibility index (Phi) is 2.08. The van der Waals surface area contributed by atoms with Crippen molar-refractivity contribution in [1.82, 2.24) is 14.5 Å². The van der Waals surface area contributed by atoms with E-state index < -0.39 is 0 Å². The van der Waals surface area contributed by atoms with E-state index in [1.807, 2.05) is 42.0 Å². The van der Waals surface area contributed by atoms with Crippen LogP contribution in [-0.2, 0) is 0 Å². The molecule has 0 bridgehead atoms. The number of fused-ring (bicyclic) bond motifs is 1. The van der Waals surface area contributed by atoms with E-state index in [4.69, 9.17) is 5.73 Å². The molecule has 0 unspecified atom stereocenters. The standard InChI is InChI=1S/C13H12N4/c1-9-8-17(13(14)16-9)11-4-5-12-10(7-11)3-2-6-15-12/h2-8H,1H3,(H2,14,16). The maximum atomic E-state index is 5.85. The van der Waals surface area contributed by atoms with E-state index in [9.17, 15) is 0 Å². The number of aromatic nitrogens is 3. The van der Waals surface area contributed by atoms with Crippen LogP contribution in [0, 0.1) is 6.92 Å². The minimum absolute atomic E-state index is 0.505. The number of aryl methyl sites for hydroxylation is 1. The molecule has 0 aliphatic carbocycles. The molecule has 0 amide bonds. The lowest BCUT2D eigenvalue weighted by molar-refractivity contribution is 1.08. The zero-order valence-electron chi connectivity index (χ0n) is 9.46. The van der Waals surface area contributed by atoms with Gasteiger partial charge in [-0.3, -0.25) is 9.55 Å². The van der Waals surface area contributed by atoms with Gasteiger partial charge in [-0.25, -0.2) is 4.98 Å². The number of hydrogen-bond acceptors (Lipinski definition) is 3. The Labute approximate surface area is 98.7 Å². The van der Waals surface area contributed by atoms with Crippen molar-refractivity contribution in [3.8, 4) is 5.69 Å². The van der Waals surface area contributed by atoms with Gasteiger partial charge in [0, 0.05) is 23.5 Å². The summed E-state index contributed by atoms with van der Waals surface area (Å²) in [6.45, 7) is 1.93. The van der Waals surface area contributed by atoms with Gasteiger partial charge in [0.05, 0.1) is 11.2 Å². The smallest absolute Gasteiger partial charge is 0.205 e. The fraction of sp³-hybridized carbons (Fsp3) is 0.0769. The lowest BCUT2D eigenvalue weighted by Gasteiger charge is -2.05. The van der Waals surface area contributed by atoms with Crippen molar-refractivity contribution in [2.24, 2.45) is 0 Å². The van der Waals surface area contributed by atoms with E-state index in [1.165, 1.54) is 0 Å². The highest BCUT2D eigenvalue weighted by Crippen LogP contribution is 2.19. The summed E-state index contributed by atoms with van der Waals surface area (Å²) in [7, 11) is 0. The number of anilines is 1. The zero-order chi connectivity index (χ0) is 11.8. The maximum Gasteiger partial charge on any atom is 0.205 e. The van der Waals surface area contributed by atoms with Crippen molar-refractivity contribution >= 4 is 16.9 Å². The van der Waals surface area contributed by atoms with Crippen molar-refractivity contribution in [2.75, 3.05) is 5.73 Å². The summed E-state index contributed by atoms with van der Waals surface area (Å²) in [4.78, 5) is 8.48. The summed E-state index contributed by atoms with van der Waals surface area (Å²) < 4.78 is 1.88. The van der Waals surface area contributed by atoms with Crippen LogP contribution in [0.4, 0.5) is 5.95 Å². The third kappa shape index (κ3) is 1.63. The lowest BCUT2D eigenvalue weighted by Crippen LogP contribution is -1.99. The molecule has 2 N–H and O–H groups in total. The minimum Gasteiger partial charge on any atom is -0.369 e. The van der Waals surface area contributed by atoms with E-state index >= 15 is 0 Å². The Bertz CT molecular complexity index is 685. The monoisotopic (exact) mass is 224 g/mol. The van der Waals surface area contributed by atoms with Gasteiger partial charge in [-0.15, -0.1) is 0 Å². The maximum absolute atomic E-state index is 5.85. The van der Waals surface area contributed by atoms with Crippen LogP contribution in [0.3, 0.4) is 0 Å². The third-order valence-electron chi connectivity index (χ3n) is 2.72. The number of nitrogen functional groups attached to an aromatic ring is 1. The molecule has 17 heavy (non-hydrogen) atoms. The second-order valence-electron chi connectivity index (χ2n) is 3.99. The lowest BCUT2D eigenvalue weighted by atomic mass is 10.2. The normalized spacial score (nSPS) is 10.9. The Balaban J connectivity index is 2.21. The number of hydrogen-bond donors (Lipinski definition) is 1. The number of nitrogens with two attached hydrogens (primary N) is 1. The van der Waals surface area contributed by atoms with Crippen LogP contribution in [0.5, 0.6) is 0 Å². The minimum atomic E-state index is 0.505. The fourth-order valence-electron chi connectivity index (χ4n) is 1.94. The Hall–Kier alpha value is -2.36. The Morgan fingerprint density at radius 2 is 2.12 bits per heavy atom. The summed E-state index contributed by atoms with van der Waals surface area (Å²) in [6.07, 6.45) is 3.71. The first-order valence-electron chi connectivity index (χ1n) is 5.41. The molecule has 4 nitrogen and oxygen atoms in total. The van der Waals surface area contributed by atoms with Gasteiger partial charge in [-0.05, 0) is 31.2 Å². The molecule has 0 aliphatic heterocycles. The topological polar surface area (TPSA) is 56.7 Å². The molecule has 3 rings (SSSR count). The van der Waals surface area contributed by atoms with Crippen molar-refractivity contribution < 1.29 is 0 Å². The number of pyridine rings is 1. The summed E-state index contributed by atoms with van der Waals surface area (Å²) in [5.74, 6) is 0.505. The Morgan fingerprint density at radius 1 is 1.24 bits per heavy atom.